The smallest absolute Gasteiger partial charge is 0.203 e. The van der Waals surface area contributed by atoms with Crippen molar-refractivity contribution in [2.24, 2.45) is 12.5 Å². The van der Waals surface area contributed by atoms with Crippen molar-refractivity contribution in [3.63, 3.8) is 0 Å². The second kappa shape index (κ2) is 2.50. The summed E-state index contributed by atoms with van der Waals surface area (Å²) in [6, 6.07) is 0.605. The molecule has 0 amide bonds. The van der Waals surface area contributed by atoms with Crippen LogP contribution in [0.2, 0.25) is 0 Å². The van der Waals surface area contributed by atoms with Crippen molar-refractivity contribution in [2.75, 3.05) is 5.32 Å². The maximum Gasteiger partial charge on any atom is 0.203 e. The number of anilines is 1. The van der Waals surface area contributed by atoms with Gasteiger partial charge in [0, 0.05) is 19.3 Å². The minimum atomic E-state index is 0.458. The molecule has 0 spiro atoms. The normalized spacial score (nSPS) is 24.5. The molecule has 1 aliphatic rings. The van der Waals surface area contributed by atoms with Crippen molar-refractivity contribution >= 4 is 5.95 Å². The standard InChI is InChI=1S/C10H17N3/c1-7-6-13(4)9(11-7)12-8-5-10(8,2)3/h6,8H,5H2,1-4H3,(H,11,12). The van der Waals surface area contributed by atoms with Gasteiger partial charge >= 0.3 is 0 Å². The predicted octanol–water partition coefficient (Wildman–Crippen LogP) is 1.94. The van der Waals surface area contributed by atoms with Gasteiger partial charge in [-0.2, -0.15) is 0 Å². The number of imidazole rings is 1. The van der Waals surface area contributed by atoms with E-state index in [1.54, 1.807) is 0 Å². The Morgan fingerprint density at radius 2 is 2.23 bits per heavy atom. The Kier molecular flexibility index (Phi) is 1.65. The molecule has 3 heteroatoms. The van der Waals surface area contributed by atoms with Crippen LogP contribution >= 0.6 is 0 Å². The Labute approximate surface area is 79.2 Å². The maximum atomic E-state index is 4.41. The third-order valence-corrected chi connectivity index (χ3v) is 2.81. The Balaban J connectivity index is 2.07. The van der Waals surface area contributed by atoms with E-state index in [0.29, 0.717) is 11.5 Å². The molecule has 1 aromatic heterocycles. The summed E-state index contributed by atoms with van der Waals surface area (Å²) in [6.45, 7) is 6.57. The lowest BCUT2D eigenvalue weighted by molar-refractivity contribution is 0.627. The van der Waals surface area contributed by atoms with Crippen LogP contribution in [-0.4, -0.2) is 15.6 Å². The van der Waals surface area contributed by atoms with Crippen molar-refractivity contribution in [2.45, 2.75) is 33.2 Å². The summed E-state index contributed by atoms with van der Waals surface area (Å²) in [7, 11) is 2.03. The first-order valence-electron chi connectivity index (χ1n) is 4.75. The third kappa shape index (κ3) is 1.55. The largest absolute Gasteiger partial charge is 0.352 e. The Bertz CT molecular complexity index is 325. The number of hydrogen-bond donors (Lipinski definition) is 1. The van der Waals surface area contributed by atoms with E-state index in [4.69, 9.17) is 0 Å². The first-order valence-corrected chi connectivity index (χ1v) is 4.75. The van der Waals surface area contributed by atoms with Crippen molar-refractivity contribution in [1.82, 2.24) is 9.55 Å². The van der Waals surface area contributed by atoms with Crippen LogP contribution in [0, 0.1) is 12.3 Å². The number of nitrogens with one attached hydrogen (secondary N) is 1. The molecule has 13 heavy (non-hydrogen) atoms. The molecule has 1 aromatic rings. The van der Waals surface area contributed by atoms with Crippen molar-refractivity contribution in [3.8, 4) is 0 Å². The molecule has 1 aliphatic carbocycles. The van der Waals surface area contributed by atoms with Crippen molar-refractivity contribution in [1.29, 1.82) is 0 Å². The molecule has 1 heterocycles. The monoisotopic (exact) mass is 179 g/mol. The highest BCUT2D eigenvalue weighted by molar-refractivity contribution is 5.34. The number of hydrogen-bond acceptors (Lipinski definition) is 2. The van der Waals surface area contributed by atoms with E-state index in [-0.39, 0.29) is 0 Å². The number of rotatable bonds is 2. The average Bonchev–Trinajstić information content (AvgIpc) is 2.43. The van der Waals surface area contributed by atoms with Crippen LogP contribution in [0.15, 0.2) is 6.20 Å². The second-order valence-corrected chi connectivity index (χ2v) is 4.71. The first-order chi connectivity index (χ1) is 5.99. The molecule has 1 saturated carbocycles. The highest BCUT2D eigenvalue weighted by Gasteiger charge is 2.46. The molecule has 1 fully saturated rings. The maximum absolute atomic E-state index is 4.41. The molecule has 72 valence electrons. The van der Waals surface area contributed by atoms with Gasteiger partial charge in [-0.1, -0.05) is 13.8 Å². The zero-order chi connectivity index (χ0) is 9.64. The summed E-state index contributed by atoms with van der Waals surface area (Å²) in [5.41, 5.74) is 1.53. The summed E-state index contributed by atoms with van der Waals surface area (Å²) in [5.74, 6) is 0.994. The van der Waals surface area contributed by atoms with E-state index in [0.717, 1.165) is 11.6 Å². The molecule has 1 unspecified atom stereocenters. The number of nitrogens with zero attached hydrogens (tertiary/aromatic N) is 2. The van der Waals surface area contributed by atoms with Crippen molar-refractivity contribution < 1.29 is 0 Å². The SMILES string of the molecule is Cc1cn(C)c(NC2CC2(C)C)n1. The van der Waals surface area contributed by atoms with Crippen LogP contribution in [0.3, 0.4) is 0 Å². The first kappa shape index (κ1) is 8.60. The molecule has 0 radical (unpaired) electrons. The van der Waals surface area contributed by atoms with Gasteiger partial charge in [0.05, 0.1) is 5.69 Å². The lowest BCUT2D eigenvalue weighted by Crippen LogP contribution is -2.11. The fourth-order valence-corrected chi connectivity index (χ4v) is 1.62. The lowest BCUT2D eigenvalue weighted by atomic mass is 10.2. The van der Waals surface area contributed by atoms with Gasteiger partial charge in [0.1, 0.15) is 0 Å². The highest BCUT2D eigenvalue weighted by Crippen LogP contribution is 2.46. The minimum absolute atomic E-state index is 0.458. The molecule has 1 N–H and O–H groups in total. The Morgan fingerprint density at radius 1 is 1.62 bits per heavy atom. The molecule has 2 rings (SSSR count). The van der Waals surface area contributed by atoms with Crippen LogP contribution in [0.4, 0.5) is 5.95 Å². The van der Waals surface area contributed by atoms with Gasteiger partial charge < -0.3 is 9.88 Å². The lowest BCUT2D eigenvalue weighted by Gasteiger charge is -2.06. The molecule has 3 nitrogen and oxygen atoms in total. The van der Waals surface area contributed by atoms with Gasteiger partial charge in [0.2, 0.25) is 5.95 Å². The third-order valence-electron chi connectivity index (χ3n) is 2.81. The van der Waals surface area contributed by atoms with E-state index in [2.05, 4.69) is 24.1 Å². The van der Waals surface area contributed by atoms with Gasteiger partial charge in [0.15, 0.2) is 0 Å². The Hall–Kier alpha value is -0.990. The van der Waals surface area contributed by atoms with Gasteiger partial charge in [-0.25, -0.2) is 4.98 Å². The average molecular weight is 179 g/mol. The predicted molar refractivity (Wildman–Crippen MR) is 53.8 cm³/mol. The molecular formula is C10H17N3. The van der Waals surface area contributed by atoms with E-state index < -0.39 is 0 Å². The molecule has 0 bridgehead atoms. The second-order valence-electron chi connectivity index (χ2n) is 4.71. The van der Waals surface area contributed by atoms with Crippen LogP contribution in [0.25, 0.3) is 0 Å². The fourth-order valence-electron chi connectivity index (χ4n) is 1.62. The zero-order valence-corrected chi connectivity index (χ0v) is 8.76. The quantitative estimate of drug-likeness (QED) is 0.752. The summed E-state index contributed by atoms with van der Waals surface area (Å²) in [4.78, 5) is 4.41. The van der Waals surface area contributed by atoms with Gasteiger partial charge in [-0.15, -0.1) is 0 Å². The van der Waals surface area contributed by atoms with Crippen LogP contribution in [-0.2, 0) is 7.05 Å². The van der Waals surface area contributed by atoms with Crippen LogP contribution in [0.5, 0.6) is 0 Å². The zero-order valence-electron chi connectivity index (χ0n) is 8.76. The molecule has 0 aliphatic heterocycles. The number of aromatic nitrogens is 2. The van der Waals surface area contributed by atoms with E-state index in [1.807, 2.05) is 24.7 Å². The summed E-state index contributed by atoms with van der Waals surface area (Å²) >= 11 is 0. The van der Waals surface area contributed by atoms with Crippen molar-refractivity contribution in [3.05, 3.63) is 11.9 Å². The topological polar surface area (TPSA) is 29.9 Å². The minimum Gasteiger partial charge on any atom is -0.352 e. The van der Waals surface area contributed by atoms with Gasteiger partial charge in [-0.05, 0) is 18.8 Å². The van der Waals surface area contributed by atoms with E-state index >= 15 is 0 Å². The molecular weight excluding hydrogens is 162 g/mol. The van der Waals surface area contributed by atoms with Gasteiger partial charge in [-0.3, -0.25) is 0 Å². The van der Waals surface area contributed by atoms with Crippen LogP contribution < -0.4 is 5.32 Å². The summed E-state index contributed by atoms with van der Waals surface area (Å²) < 4.78 is 2.05. The van der Waals surface area contributed by atoms with Crippen LogP contribution in [0.1, 0.15) is 26.0 Å². The highest BCUT2D eigenvalue weighted by atomic mass is 15.2. The Morgan fingerprint density at radius 3 is 2.62 bits per heavy atom. The molecule has 1 atom stereocenters. The van der Waals surface area contributed by atoms with E-state index in [9.17, 15) is 0 Å². The molecule has 0 saturated heterocycles. The van der Waals surface area contributed by atoms with Gasteiger partial charge in [0.25, 0.3) is 0 Å². The summed E-state index contributed by atoms with van der Waals surface area (Å²) in [5, 5.41) is 3.45. The van der Waals surface area contributed by atoms with E-state index in [1.165, 1.54) is 6.42 Å². The fraction of sp³-hybridized carbons (Fsp3) is 0.700. The number of aryl methyl sites for hydroxylation is 2. The summed E-state index contributed by atoms with van der Waals surface area (Å²) in [6.07, 6.45) is 3.29. The molecule has 0 aromatic carbocycles.